The molecule has 0 saturated carbocycles. The first-order chi connectivity index (χ1) is 7.21. The summed E-state index contributed by atoms with van der Waals surface area (Å²) in [7, 11) is 7.08. The lowest BCUT2D eigenvalue weighted by atomic mass is 10.1. The van der Waals surface area contributed by atoms with Crippen LogP contribution < -0.4 is 5.32 Å². The summed E-state index contributed by atoms with van der Waals surface area (Å²) in [4.78, 5) is 0. The minimum absolute atomic E-state index is 0.129. The van der Waals surface area contributed by atoms with Crippen LogP contribution in [0.2, 0.25) is 0 Å². The number of nitrogens with one attached hydrogen (secondary N) is 1. The largest absolute Gasteiger partial charge is 0.354 e. The normalized spacial score (nSPS) is 13.4. The maximum atomic E-state index is 5.22. The predicted molar refractivity (Wildman–Crippen MR) is 57.6 cm³/mol. The molecule has 1 atom stereocenters. The van der Waals surface area contributed by atoms with Crippen LogP contribution in [0.15, 0.2) is 12.4 Å². The first kappa shape index (κ1) is 12.2. The number of methoxy groups -OCH3 is 2. The molecule has 0 aliphatic rings. The van der Waals surface area contributed by atoms with Crippen LogP contribution >= 0.6 is 0 Å². The van der Waals surface area contributed by atoms with Gasteiger partial charge in [-0.05, 0) is 19.0 Å². The van der Waals surface area contributed by atoms with Crippen molar-refractivity contribution in [2.45, 2.75) is 18.8 Å². The minimum Gasteiger partial charge on any atom is -0.354 e. The van der Waals surface area contributed by atoms with Crippen LogP contribution in [0.4, 0.5) is 0 Å². The fourth-order valence-electron chi connectivity index (χ4n) is 1.59. The lowest BCUT2D eigenvalue weighted by molar-refractivity contribution is -0.121. The first-order valence-electron chi connectivity index (χ1n) is 4.91. The van der Waals surface area contributed by atoms with Gasteiger partial charge in [0, 0.05) is 27.5 Å². The highest BCUT2D eigenvalue weighted by Gasteiger charge is 2.19. The molecule has 0 aliphatic heterocycles. The highest BCUT2D eigenvalue weighted by Crippen LogP contribution is 2.07. The molecule has 86 valence electrons. The number of nitrogens with zero attached hydrogens (tertiary/aromatic N) is 2. The third-order valence-corrected chi connectivity index (χ3v) is 2.38. The lowest BCUT2D eigenvalue weighted by Crippen LogP contribution is -2.41. The van der Waals surface area contributed by atoms with E-state index in [-0.39, 0.29) is 12.3 Å². The summed E-state index contributed by atoms with van der Waals surface area (Å²) >= 11 is 0. The fraction of sp³-hybridized carbons (Fsp3) is 0.700. The predicted octanol–water partition coefficient (Wildman–Crippen LogP) is 0.169. The highest BCUT2D eigenvalue weighted by molar-refractivity contribution is 5.06. The van der Waals surface area contributed by atoms with E-state index in [0.717, 1.165) is 12.0 Å². The Hall–Kier alpha value is -0.910. The monoisotopic (exact) mass is 213 g/mol. The standard InChI is InChI=1S/C10H19N3O2/c1-11-9(10(14-3)15-4)5-8-6-12-13(2)7-8/h6-7,9-11H,5H2,1-4H3. The van der Waals surface area contributed by atoms with Gasteiger partial charge in [-0.25, -0.2) is 0 Å². The number of likely N-dealkylation sites (N-methyl/N-ethyl adjacent to an activating group) is 1. The molecule has 1 unspecified atom stereocenters. The van der Waals surface area contributed by atoms with E-state index < -0.39 is 0 Å². The number of ether oxygens (including phenoxy) is 2. The van der Waals surface area contributed by atoms with Gasteiger partial charge in [0.1, 0.15) is 0 Å². The van der Waals surface area contributed by atoms with Crippen LogP contribution in [0.3, 0.4) is 0 Å². The van der Waals surface area contributed by atoms with Gasteiger partial charge in [-0.2, -0.15) is 5.10 Å². The van der Waals surface area contributed by atoms with Gasteiger partial charge in [0.2, 0.25) is 0 Å². The van der Waals surface area contributed by atoms with E-state index in [4.69, 9.17) is 9.47 Å². The van der Waals surface area contributed by atoms with E-state index in [1.54, 1.807) is 18.9 Å². The summed E-state index contributed by atoms with van der Waals surface area (Å²) in [6.45, 7) is 0. The Labute approximate surface area is 90.4 Å². The van der Waals surface area contributed by atoms with Gasteiger partial charge < -0.3 is 14.8 Å². The van der Waals surface area contributed by atoms with Gasteiger partial charge in [0.25, 0.3) is 0 Å². The summed E-state index contributed by atoms with van der Waals surface area (Å²) in [6, 6.07) is 0.129. The van der Waals surface area contributed by atoms with Gasteiger partial charge in [-0.3, -0.25) is 4.68 Å². The zero-order valence-corrected chi connectivity index (χ0v) is 9.73. The molecule has 5 heteroatoms. The molecule has 0 aliphatic carbocycles. The van der Waals surface area contributed by atoms with Crippen molar-refractivity contribution in [1.82, 2.24) is 15.1 Å². The number of aromatic nitrogens is 2. The number of hydrogen-bond acceptors (Lipinski definition) is 4. The molecule has 1 aromatic heterocycles. The summed E-state index contributed by atoms with van der Waals surface area (Å²) in [6.07, 6.45) is 4.44. The smallest absolute Gasteiger partial charge is 0.172 e. The van der Waals surface area contributed by atoms with Gasteiger partial charge in [-0.1, -0.05) is 0 Å². The van der Waals surface area contributed by atoms with Crippen LogP contribution in [0, 0.1) is 0 Å². The maximum Gasteiger partial charge on any atom is 0.172 e. The summed E-state index contributed by atoms with van der Waals surface area (Å²) < 4.78 is 12.2. The Morgan fingerprint density at radius 3 is 2.53 bits per heavy atom. The van der Waals surface area contributed by atoms with E-state index in [2.05, 4.69) is 10.4 Å². The van der Waals surface area contributed by atoms with Crippen LogP contribution in [0.1, 0.15) is 5.56 Å². The van der Waals surface area contributed by atoms with Crippen molar-refractivity contribution in [2.75, 3.05) is 21.3 Å². The summed E-state index contributed by atoms with van der Waals surface area (Å²) in [5, 5.41) is 7.30. The number of hydrogen-bond donors (Lipinski definition) is 1. The second-order valence-electron chi connectivity index (χ2n) is 3.46. The molecule has 0 saturated heterocycles. The zero-order chi connectivity index (χ0) is 11.3. The van der Waals surface area contributed by atoms with E-state index in [1.807, 2.05) is 26.5 Å². The minimum atomic E-state index is -0.241. The van der Waals surface area contributed by atoms with Crippen molar-refractivity contribution >= 4 is 0 Å². The van der Waals surface area contributed by atoms with Gasteiger partial charge in [-0.15, -0.1) is 0 Å². The van der Waals surface area contributed by atoms with Crippen LogP contribution in [-0.2, 0) is 22.9 Å². The van der Waals surface area contributed by atoms with Crippen LogP contribution in [-0.4, -0.2) is 43.4 Å². The molecule has 0 radical (unpaired) electrons. The molecule has 0 fully saturated rings. The second kappa shape index (κ2) is 5.85. The topological polar surface area (TPSA) is 48.3 Å². The average molecular weight is 213 g/mol. The van der Waals surface area contributed by atoms with Gasteiger partial charge in [0.15, 0.2) is 6.29 Å². The Bertz CT molecular complexity index is 284. The molecule has 0 bridgehead atoms. The molecule has 0 spiro atoms. The molecule has 1 aromatic rings. The summed E-state index contributed by atoms with van der Waals surface area (Å²) in [5.41, 5.74) is 1.16. The number of aryl methyl sites for hydroxylation is 1. The first-order valence-corrected chi connectivity index (χ1v) is 4.91. The van der Waals surface area contributed by atoms with Crippen molar-refractivity contribution < 1.29 is 9.47 Å². The highest BCUT2D eigenvalue weighted by atomic mass is 16.7. The molecule has 1 N–H and O–H groups in total. The Balaban J connectivity index is 2.60. The average Bonchev–Trinajstić information content (AvgIpc) is 2.64. The van der Waals surface area contributed by atoms with E-state index >= 15 is 0 Å². The number of rotatable bonds is 6. The third kappa shape index (κ3) is 3.30. The SMILES string of the molecule is CNC(Cc1cnn(C)c1)C(OC)OC. The van der Waals surface area contributed by atoms with Crippen LogP contribution in [0.25, 0.3) is 0 Å². The zero-order valence-electron chi connectivity index (χ0n) is 9.73. The molecule has 0 aromatic carbocycles. The fourth-order valence-corrected chi connectivity index (χ4v) is 1.59. The van der Waals surface area contributed by atoms with E-state index in [0.29, 0.717) is 0 Å². The lowest BCUT2D eigenvalue weighted by Gasteiger charge is -2.23. The molecule has 1 heterocycles. The van der Waals surface area contributed by atoms with E-state index in [9.17, 15) is 0 Å². The maximum absolute atomic E-state index is 5.22. The summed E-state index contributed by atoms with van der Waals surface area (Å²) in [5.74, 6) is 0. The Kier molecular flexibility index (Phi) is 4.74. The van der Waals surface area contributed by atoms with Gasteiger partial charge in [0.05, 0.1) is 12.2 Å². The second-order valence-corrected chi connectivity index (χ2v) is 3.46. The quantitative estimate of drug-likeness (QED) is 0.684. The molecule has 1 rings (SSSR count). The Morgan fingerprint density at radius 1 is 1.47 bits per heavy atom. The van der Waals surface area contributed by atoms with Crippen molar-refractivity contribution in [3.05, 3.63) is 18.0 Å². The van der Waals surface area contributed by atoms with Crippen LogP contribution in [0.5, 0.6) is 0 Å². The van der Waals surface area contributed by atoms with E-state index in [1.165, 1.54) is 0 Å². The van der Waals surface area contributed by atoms with Gasteiger partial charge >= 0.3 is 0 Å². The third-order valence-electron chi connectivity index (χ3n) is 2.38. The molecule has 15 heavy (non-hydrogen) atoms. The molecular formula is C10H19N3O2. The molecule has 5 nitrogen and oxygen atoms in total. The van der Waals surface area contributed by atoms with Crippen molar-refractivity contribution in [2.24, 2.45) is 7.05 Å². The van der Waals surface area contributed by atoms with Crippen molar-refractivity contribution in [3.8, 4) is 0 Å². The Morgan fingerprint density at radius 2 is 2.13 bits per heavy atom. The van der Waals surface area contributed by atoms with Crippen molar-refractivity contribution in [3.63, 3.8) is 0 Å². The molecule has 0 amide bonds. The van der Waals surface area contributed by atoms with Crippen molar-refractivity contribution in [1.29, 1.82) is 0 Å². The molecular weight excluding hydrogens is 194 g/mol.